The van der Waals surface area contributed by atoms with Crippen LogP contribution in [0.5, 0.6) is 0 Å². The van der Waals surface area contributed by atoms with Gasteiger partial charge >= 0.3 is 7.60 Å². The van der Waals surface area contributed by atoms with E-state index in [1.54, 1.807) is 10.6 Å². The maximum Gasteiger partial charge on any atom is 0.375 e. The van der Waals surface area contributed by atoms with Crippen molar-refractivity contribution < 1.29 is 14.4 Å². The van der Waals surface area contributed by atoms with E-state index in [2.05, 4.69) is 11.1 Å². The summed E-state index contributed by atoms with van der Waals surface area (Å²) in [6.45, 7) is 2.27. The molecule has 0 atom stereocenters. The summed E-state index contributed by atoms with van der Waals surface area (Å²) in [4.78, 5) is 24.1. The van der Waals surface area contributed by atoms with Crippen LogP contribution < -0.4 is 5.44 Å². The van der Waals surface area contributed by atoms with E-state index in [1.807, 2.05) is 60.2 Å². The summed E-state index contributed by atoms with van der Waals surface area (Å²) in [5.41, 5.74) is 2.84. The van der Waals surface area contributed by atoms with Crippen LogP contribution in [0.25, 0.3) is 16.6 Å². The zero-order chi connectivity index (χ0) is 22.9. The van der Waals surface area contributed by atoms with Gasteiger partial charge in [-0.2, -0.15) is 5.26 Å². The number of imidazole rings is 1. The molecule has 2 aromatic carbocycles. The fourth-order valence-corrected chi connectivity index (χ4v) is 5.28. The van der Waals surface area contributed by atoms with Crippen molar-refractivity contribution in [2.75, 3.05) is 0 Å². The van der Waals surface area contributed by atoms with Gasteiger partial charge in [-0.25, -0.2) is 4.98 Å². The van der Waals surface area contributed by atoms with Crippen molar-refractivity contribution in [3.05, 3.63) is 76.8 Å². The molecule has 4 rings (SSSR count). The Morgan fingerprint density at radius 1 is 1.16 bits per heavy atom. The van der Waals surface area contributed by atoms with E-state index in [9.17, 15) is 19.6 Å². The molecule has 0 aliphatic rings. The number of unbranched alkanes of at least 4 members (excludes halogenated alkanes) is 1. The fourth-order valence-electron chi connectivity index (χ4n) is 3.95. The van der Waals surface area contributed by atoms with Crippen molar-refractivity contribution in [3.8, 4) is 11.8 Å². The smallest absolute Gasteiger partial charge is 0.320 e. The number of benzene rings is 2. The molecular formula is C23H22ClN4O3P. The van der Waals surface area contributed by atoms with Gasteiger partial charge < -0.3 is 18.9 Å². The summed E-state index contributed by atoms with van der Waals surface area (Å²) in [6.07, 6.45) is 4.22. The molecule has 0 radical (unpaired) electrons. The van der Waals surface area contributed by atoms with Gasteiger partial charge in [-0.15, -0.1) is 0 Å². The van der Waals surface area contributed by atoms with Crippen molar-refractivity contribution in [2.45, 2.75) is 32.7 Å². The summed E-state index contributed by atoms with van der Waals surface area (Å²) in [6, 6.07) is 17.3. The number of para-hydroxylation sites is 1. The monoisotopic (exact) mass is 468 g/mol. The lowest BCUT2D eigenvalue weighted by atomic mass is 10.1. The molecular weight excluding hydrogens is 447 g/mol. The quantitative estimate of drug-likeness (QED) is 0.387. The van der Waals surface area contributed by atoms with Crippen LogP contribution in [-0.2, 0) is 17.5 Å². The van der Waals surface area contributed by atoms with Crippen LogP contribution in [-0.4, -0.2) is 23.9 Å². The molecule has 0 spiro atoms. The number of fused-ring (bicyclic) bond motifs is 1. The van der Waals surface area contributed by atoms with Crippen LogP contribution in [0.4, 0.5) is 0 Å². The number of hydrogen-bond acceptors (Lipinski definition) is 3. The van der Waals surface area contributed by atoms with Crippen molar-refractivity contribution in [1.82, 2.24) is 14.1 Å². The molecule has 0 unspecified atom stereocenters. The van der Waals surface area contributed by atoms with Gasteiger partial charge in [-0.05, 0) is 36.2 Å². The number of hydrogen-bond donors (Lipinski definition) is 2. The molecule has 2 aromatic heterocycles. The molecule has 164 valence electrons. The number of nitriles is 1. The average Bonchev–Trinajstić information content (AvgIpc) is 3.33. The first-order chi connectivity index (χ1) is 15.3. The lowest BCUT2D eigenvalue weighted by Gasteiger charge is -2.14. The second-order valence-electron chi connectivity index (χ2n) is 7.54. The topological polar surface area (TPSA) is 104 Å². The predicted molar refractivity (Wildman–Crippen MR) is 125 cm³/mol. The highest BCUT2D eigenvalue weighted by molar-refractivity contribution is 7.60. The van der Waals surface area contributed by atoms with Crippen molar-refractivity contribution >= 4 is 35.5 Å². The van der Waals surface area contributed by atoms with Gasteiger partial charge in [0.15, 0.2) is 10.6 Å². The van der Waals surface area contributed by atoms with E-state index in [0.29, 0.717) is 17.8 Å². The van der Waals surface area contributed by atoms with Crippen molar-refractivity contribution in [3.63, 3.8) is 0 Å². The molecule has 9 heteroatoms. The first kappa shape index (κ1) is 22.3. The van der Waals surface area contributed by atoms with E-state index in [4.69, 9.17) is 11.6 Å². The molecule has 2 heterocycles. The maximum atomic E-state index is 12.2. The Morgan fingerprint density at radius 3 is 2.66 bits per heavy atom. The molecule has 0 saturated carbocycles. The van der Waals surface area contributed by atoms with Crippen LogP contribution >= 0.6 is 19.2 Å². The second-order valence-corrected chi connectivity index (χ2v) is 9.41. The zero-order valence-corrected chi connectivity index (χ0v) is 19.1. The highest BCUT2D eigenvalue weighted by atomic mass is 35.5. The van der Waals surface area contributed by atoms with Crippen LogP contribution in [0, 0.1) is 11.3 Å². The Balaban J connectivity index is 1.84. The number of rotatable bonds is 7. The minimum Gasteiger partial charge on any atom is -0.320 e. The van der Waals surface area contributed by atoms with Gasteiger partial charge in [0.1, 0.15) is 11.9 Å². The summed E-state index contributed by atoms with van der Waals surface area (Å²) in [5.74, 6) is 0.557. The van der Waals surface area contributed by atoms with E-state index in [1.165, 1.54) is 0 Å². The second kappa shape index (κ2) is 8.93. The van der Waals surface area contributed by atoms with Gasteiger partial charge in [-0.1, -0.05) is 49.2 Å². The Morgan fingerprint density at radius 2 is 1.94 bits per heavy atom. The van der Waals surface area contributed by atoms with Crippen LogP contribution in [0.3, 0.4) is 0 Å². The van der Waals surface area contributed by atoms with E-state index in [0.717, 1.165) is 35.0 Å². The van der Waals surface area contributed by atoms with Crippen molar-refractivity contribution in [2.24, 2.45) is 0 Å². The molecule has 0 amide bonds. The lowest BCUT2D eigenvalue weighted by molar-refractivity contribution is 0.384. The van der Waals surface area contributed by atoms with Gasteiger partial charge in [0.2, 0.25) is 0 Å². The SMILES string of the molecule is CCCCc1nc(Cl)c(P(=O)(O)O)n1Cc1cccc2c1ccn2-c1ccccc1C#N. The highest BCUT2D eigenvalue weighted by Crippen LogP contribution is 2.37. The Bertz CT molecular complexity index is 1380. The van der Waals surface area contributed by atoms with Crippen LogP contribution in [0.1, 0.15) is 36.7 Å². The molecule has 4 aromatic rings. The van der Waals surface area contributed by atoms with E-state index in [-0.39, 0.29) is 17.1 Å². The number of nitrogens with zero attached hydrogens (tertiary/aromatic N) is 4. The Kier molecular flexibility index (Phi) is 6.23. The number of aryl methyl sites for hydroxylation is 1. The maximum absolute atomic E-state index is 12.2. The molecule has 32 heavy (non-hydrogen) atoms. The normalized spacial score (nSPS) is 11.7. The van der Waals surface area contributed by atoms with Crippen LogP contribution in [0.2, 0.25) is 5.15 Å². The molecule has 0 fully saturated rings. The Hall–Kier alpha value is -2.88. The minimum atomic E-state index is -4.63. The third kappa shape index (κ3) is 4.11. The molecule has 0 saturated heterocycles. The zero-order valence-electron chi connectivity index (χ0n) is 17.4. The third-order valence-electron chi connectivity index (χ3n) is 5.44. The Labute approximate surface area is 190 Å². The summed E-state index contributed by atoms with van der Waals surface area (Å²) in [7, 11) is -4.63. The van der Waals surface area contributed by atoms with Gasteiger partial charge in [0.25, 0.3) is 0 Å². The highest BCUT2D eigenvalue weighted by Gasteiger charge is 2.30. The predicted octanol–water partition coefficient (Wildman–Crippen LogP) is 4.55. The number of aromatic nitrogens is 3. The van der Waals surface area contributed by atoms with Gasteiger partial charge in [-0.3, -0.25) is 4.57 Å². The molecule has 2 N–H and O–H groups in total. The third-order valence-corrected chi connectivity index (χ3v) is 6.84. The van der Waals surface area contributed by atoms with Crippen LogP contribution in [0.15, 0.2) is 54.7 Å². The standard InChI is InChI=1S/C23H22ClN4O3P/c1-2-3-11-21-26-22(24)23(32(29,30)31)28(21)15-17-8-6-10-20-18(17)12-13-27(20)19-9-5-4-7-16(19)14-25/h4-10,12-13H,2-3,11,15H2,1H3,(H2,29,30,31). The average molecular weight is 469 g/mol. The first-order valence-electron chi connectivity index (χ1n) is 10.2. The molecule has 0 aliphatic carbocycles. The lowest BCUT2D eigenvalue weighted by Crippen LogP contribution is -2.21. The fraction of sp³-hybridized carbons (Fsp3) is 0.217. The first-order valence-corrected chi connectivity index (χ1v) is 12.2. The largest absolute Gasteiger partial charge is 0.375 e. The van der Waals surface area contributed by atoms with E-state index < -0.39 is 7.60 Å². The summed E-state index contributed by atoms with van der Waals surface area (Å²) >= 11 is 6.16. The van der Waals surface area contributed by atoms with E-state index >= 15 is 0 Å². The van der Waals surface area contributed by atoms with Gasteiger partial charge in [0.05, 0.1) is 23.3 Å². The van der Waals surface area contributed by atoms with Gasteiger partial charge in [0, 0.05) is 18.0 Å². The summed E-state index contributed by atoms with van der Waals surface area (Å²) < 4.78 is 15.7. The van der Waals surface area contributed by atoms with Crippen molar-refractivity contribution in [1.29, 1.82) is 5.26 Å². The molecule has 0 aliphatic heterocycles. The number of halogens is 1. The molecule has 0 bridgehead atoms. The summed E-state index contributed by atoms with van der Waals surface area (Å²) in [5, 5.41) is 10.3. The molecule has 7 nitrogen and oxygen atoms in total. The minimum absolute atomic E-state index is 0.155.